The Kier molecular flexibility index (Phi) is 4.93. The van der Waals surface area contributed by atoms with Crippen molar-refractivity contribution in [3.8, 4) is 0 Å². The number of cyclic esters (lactones) is 2. The van der Waals surface area contributed by atoms with Gasteiger partial charge in [0.1, 0.15) is 0 Å². The molecule has 154 valence electrons. The lowest BCUT2D eigenvalue weighted by atomic mass is 10.1. The zero-order valence-electron chi connectivity index (χ0n) is 16.5. The Balaban J connectivity index is 1.37. The Bertz CT molecular complexity index is 1220. The van der Waals surface area contributed by atoms with Crippen LogP contribution >= 0.6 is 0 Å². The average Bonchev–Trinajstić information content (AvgIpc) is 3.37. The first-order valence-electron chi connectivity index (χ1n) is 9.64. The first-order valence-corrected chi connectivity index (χ1v) is 9.64. The number of carbonyl (C=O) groups excluding carboxylic acids is 2. The number of ether oxygens (including phenoxy) is 2. The van der Waals surface area contributed by atoms with Crippen molar-refractivity contribution in [3.05, 3.63) is 107 Å². The van der Waals surface area contributed by atoms with Gasteiger partial charge in [0.15, 0.2) is 11.4 Å². The number of aromatic nitrogens is 2. The summed E-state index contributed by atoms with van der Waals surface area (Å²) in [4.78, 5) is 41.1. The molecule has 2 aliphatic heterocycles. The standard InChI is InChI=1S/C24H14N4O4/c29-23-19(13-17-5-1-3-11-25-17)27-21(31-23)15-7-9-16(10-8-15)22-28-20(24(30)32-22)14-18-6-2-4-12-26-18/h1-14H. The highest BCUT2D eigenvalue weighted by Crippen LogP contribution is 2.21. The van der Waals surface area contributed by atoms with Crippen molar-refractivity contribution in [1.82, 2.24) is 9.97 Å². The van der Waals surface area contributed by atoms with E-state index in [1.807, 2.05) is 12.1 Å². The zero-order chi connectivity index (χ0) is 21.9. The summed E-state index contributed by atoms with van der Waals surface area (Å²) in [7, 11) is 0. The Morgan fingerprint density at radius 2 is 1.03 bits per heavy atom. The molecule has 8 heteroatoms. The fraction of sp³-hybridized carbons (Fsp3) is 0. The molecule has 0 bridgehead atoms. The molecule has 0 unspecified atom stereocenters. The zero-order valence-corrected chi connectivity index (χ0v) is 16.5. The molecule has 0 saturated carbocycles. The van der Waals surface area contributed by atoms with Crippen LogP contribution in [0, 0.1) is 0 Å². The molecule has 0 aliphatic carbocycles. The monoisotopic (exact) mass is 422 g/mol. The number of benzene rings is 1. The van der Waals surface area contributed by atoms with Crippen molar-refractivity contribution in [2.24, 2.45) is 9.98 Å². The number of nitrogens with zero attached hydrogens (tertiary/aromatic N) is 4. The fourth-order valence-corrected chi connectivity index (χ4v) is 3.02. The van der Waals surface area contributed by atoms with Crippen LogP contribution in [-0.4, -0.2) is 33.7 Å². The van der Waals surface area contributed by atoms with Crippen LogP contribution in [0.3, 0.4) is 0 Å². The van der Waals surface area contributed by atoms with E-state index in [0.717, 1.165) is 0 Å². The van der Waals surface area contributed by atoms with Gasteiger partial charge in [-0.25, -0.2) is 19.6 Å². The van der Waals surface area contributed by atoms with Crippen molar-refractivity contribution in [1.29, 1.82) is 0 Å². The SMILES string of the molecule is O=C1OC(c2ccc(C3=NC(=Cc4ccccn4)C(=O)O3)cc2)=NC1=Cc1ccccn1. The van der Waals surface area contributed by atoms with E-state index in [4.69, 9.17) is 9.47 Å². The molecule has 0 spiro atoms. The van der Waals surface area contributed by atoms with Crippen LogP contribution < -0.4 is 0 Å². The topological polar surface area (TPSA) is 103 Å². The molecule has 32 heavy (non-hydrogen) atoms. The van der Waals surface area contributed by atoms with E-state index in [1.165, 1.54) is 0 Å². The average molecular weight is 422 g/mol. The summed E-state index contributed by atoms with van der Waals surface area (Å²) in [5, 5.41) is 0. The maximum absolute atomic E-state index is 12.1. The minimum Gasteiger partial charge on any atom is -0.402 e. The van der Waals surface area contributed by atoms with Crippen molar-refractivity contribution in [3.63, 3.8) is 0 Å². The summed E-state index contributed by atoms with van der Waals surface area (Å²) in [5.41, 5.74) is 2.74. The molecule has 5 rings (SSSR count). The molecule has 8 nitrogen and oxygen atoms in total. The second-order valence-corrected chi connectivity index (χ2v) is 6.76. The Morgan fingerprint density at radius 3 is 1.41 bits per heavy atom. The number of pyridine rings is 2. The molecule has 1 aromatic carbocycles. The second kappa shape index (κ2) is 8.19. The minimum absolute atomic E-state index is 0.168. The predicted octanol–water partition coefficient (Wildman–Crippen LogP) is 3.17. The summed E-state index contributed by atoms with van der Waals surface area (Å²) in [6, 6.07) is 17.6. The molecule has 0 fully saturated rings. The van der Waals surface area contributed by atoms with Crippen LogP contribution in [0.25, 0.3) is 12.2 Å². The third-order valence-electron chi connectivity index (χ3n) is 4.56. The summed E-state index contributed by atoms with van der Waals surface area (Å²) >= 11 is 0. The van der Waals surface area contributed by atoms with Crippen LogP contribution in [-0.2, 0) is 19.1 Å². The summed E-state index contributed by atoms with van der Waals surface area (Å²) in [5.74, 6) is -0.726. The Hall–Kier alpha value is -4.72. The van der Waals surface area contributed by atoms with E-state index in [-0.39, 0.29) is 23.2 Å². The highest BCUT2D eigenvalue weighted by atomic mass is 16.6. The molecule has 0 N–H and O–H groups in total. The van der Waals surface area contributed by atoms with E-state index in [1.54, 1.807) is 73.1 Å². The van der Waals surface area contributed by atoms with Crippen LogP contribution in [0.5, 0.6) is 0 Å². The highest BCUT2D eigenvalue weighted by Gasteiger charge is 2.26. The van der Waals surface area contributed by atoms with Crippen LogP contribution in [0.2, 0.25) is 0 Å². The van der Waals surface area contributed by atoms with Crippen LogP contribution in [0.4, 0.5) is 0 Å². The van der Waals surface area contributed by atoms with Crippen molar-refractivity contribution < 1.29 is 19.1 Å². The maximum atomic E-state index is 12.1. The normalized spacial score (nSPS) is 17.9. The molecular weight excluding hydrogens is 408 g/mol. The lowest BCUT2D eigenvalue weighted by molar-refractivity contribution is -0.130. The van der Waals surface area contributed by atoms with Gasteiger partial charge < -0.3 is 9.47 Å². The quantitative estimate of drug-likeness (QED) is 0.473. The van der Waals surface area contributed by atoms with Crippen molar-refractivity contribution in [2.45, 2.75) is 0 Å². The Morgan fingerprint density at radius 1 is 0.594 bits per heavy atom. The minimum atomic E-state index is -0.548. The largest absolute Gasteiger partial charge is 0.402 e. The number of carbonyl (C=O) groups is 2. The van der Waals surface area contributed by atoms with E-state index < -0.39 is 11.9 Å². The molecular formula is C24H14N4O4. The first kappa shape index (κ1) is 19.3. The van der Waals surface area contributed by atoms with Gasteiger partial charge in [-0.2, -0.15) is 0 Å². The molecule has 0 radical (unpaired) electrons. The van der Waals surface area contributed by atoms with Gasteiger partial charge in [0.2, 0.25) is 11.8 Å². The van der Waals surface area contributed by atoms with Gasteiger partial charge in [-0.1, -0.05) is 12.1 Å². The summed E-state index contributed by atoms with van der Waals surface area (Å²) in [6.45, 7) is 0. The number of hydrogen-bond acceptors (Lipinski definition) is 8. The van der Waals surface area contributed by atoms with Crippen molar-refractivity contribution >= 4 is 35.9 Å². The second-order valence-electron chi connectivity index (χ2n) is 6.76. The molecule has 4 heterocycles. The van der Waals surface area contributed by atoms with Crippen LogP contribution in [0.15, 0.2) is 94.4 Å². The van der Waals surface area contributed by atoms with Gasteiger partial charge in [-0.05, 0) is 60.7 Å². The summed E-state index contributed by atoms with van der Waals surface area (Å²) in [6.07, 6.45) is 6.38. The molecule has 2 aliphatic rings. The fourth-order valence-electron chi connectivity index (χ4n) is 3.02. The molecule has 0 atom stereocenters. The lowest BCUT2D eigenvalue weighted by Gasteiger charge is -2.02. The molecule has 0 saturated heterocycles. The van der Waals surface area contributed by atoms with Gasteiger partial charge in [0.05, 0.1) is 11.4 Å². The number of hydrogen-bond donors (Lipinski definition) is 0. The molecule has 2 aromatic heterocycles. The van der Waals surface area contributed by atoms with Gasteiger partial charge in [-0.3, -0.25) is 9.97 Å². The third-order valence-corrected chi connectivity index (χ3v) is 4.56. The smallest absolute Gasteiger partial charge is 0.363 e. The van der Waals surface area contributed by atoms with E-state index >= 15 is 0 Å². The highest BCUT2D eigenvalue weighted by molar-refractivity contribution is 6.14. The first-order chi connectivity index (χ1) is 15.7. The van der Waals surface area contributed by atoms with E-state index in [9.17, 15) is 9.59 Å². The maximum Gasteiger partial charge on any atom is 0.363 e. The van der Waals surface area contributed by atoms with Gasteiger partial charge >= 0.3 is 11.9 Å². The molecule has 0 amide bonds. The van der Waals surface area contributed by atoms with Crippen LogP contribution in [0.1, 0.15) is 22.5 Å². The van der Waals surface area contributed by atoms with Crippen molar-refractivity contribution in [2.75, 3.05) is 0 Å². The Labute approximate surface area is 182 Å². The number of rotatable bonds is 4. The van der Waals surface area contributed by atoms with Gasteiger partial charge in [0.25, 0.3) is 0 Å². The third kappa shape index (κ3) is 3.97. The lowest BCUT2D eigenvalue weighted by Crippen LogP contribution is -2.07. The van der Waals surface area contributed by atoms with E-state index in [2.05, 4.69) is 20.0 Å². The van der Waals surface area contributed by atoms with E-state index in [0.29, 0.717) is 22.5 Å². The molecule has 3 aromatic rings. The van der Waals surface area contributed by atoms with Gasteiger partial charge in [-0.15, -0.1) is 0 Å². The number of aliphatic imine (C=N–C) groups is 2. The predicted molar refractivity (Wildman–Crippen MR) is 116 cm³/mol. The number of esters is 2. The summed E-state index contributed by atoms with van der Waals surface area (Å²) < 4.78 is 10.6. The van der Waals surface area contributed by atoms with Gasteiger partial charge in [0, 0.05) is 23.5 Å².